The first-order valence-corrected chi connectivity index (χ1v) is 10.3. The lowest BCUT2D eigenvalue weighted by Gasteiger charge is -2.22. The molecule has 23 heavy (non-hydrogen) atoms. The summed E-state index contributed by atoms with van der Waals surface area (Å²) in [5, 5.41) is 0. The number of benzene rings is 1. The van der Waals surface area contributed by atoms with E-state index in [1.54, 1.807) is 4.90 Å². The topological polar surface area (TPSA) is 54.5 Å². The molecule has 0 radical (unpaired) electrons. The molecule has 1 aliphatic heterocycles. The molecular weight excluding hydrogens is 310 g/mol. The Balaban J connectivity index is 1.43. The fourth-order valence-electron chi connectivity index (χ4n) is 4.68. The Kier molecular flexibility index (Phi) is 3.34. The predicted octanol–water partition coefficient (Wildman–Crippen LogP) is 1.78. The standard InChI is InChI=1S/C18H23NO3S/c1-19(11-13-7-9-23(21,22)12-13)17(20)16-10-18(16)8-6-14-4-2-3-5-15(14)18/h2-5,13,16H,6-12H2,1H3. The third kappa shape index (κ3) is 2.49. The van der Waals surface area contributed by atoms with Crippen LogP contribution in [0.1, 0.15) is 30.4 Å². The summed E-state index contributed by atoms with van der Waals surface area (Å²) in [6.07, 6.45) is 3.80. The van der Waals surface area contributed by atoms with Crippen molar-refractivity contribution in [2.75, 3.05) is 25.1 Å². The molecule has 3 unspecified atom stereocenters. The third-order valence-electron chi connectivity index (χ3n) is 6.00. The molecule has 1 amide bonds. The predicted molar refractivity (Wildman–Crippen MR) is 88.9 cm³/mol. The van der Waals surface area contributed by atoms with Gasteiger partial charge in [-0.25, -0.2) is 8.42 Å². The Morgan fingerprint density at radius 3 is 2.87 bits per heavy atom. The minimum atomic E-state index is -2.87. The maximum absolute atomic E-state index is 12.8. The lowest BCUT2D eigenvalue weighted by molar-refractivity contribution is -0.132. The average Bonchev–Trinajstić information content (AvgIpc) is 2.98. The zero-order chi connectivity index (χ0) is 16.2. The molecule has 2 fully saturated rings. The van der Waals surface area contributed by atoms with E-state index in [9.17, 15) is 13.2 Å². The molecule has 3 aliphatic rings. The first-order chi connectivity index (χ1) is 10.9. The van der Waals surface area contributed by atoms with Crippen LogP contribution in [0.5, 0.6) is 0 Å². The third-order valence-corrected chi connectivity index (χ3v) is 7.84. The fraction of sp³-hybridized carbons (Fsp3) is 0.611. The van der Waals surface area contributed by atoms with E-state index >= 15 is 0 Å². The highest BCUT2D eigenvalue weighted by Gasteiger charge is 2.61. The number of hydrogen-bond acceptors (Lipinski definition) is 3. The van der Waals surface area contributed by atoms with E-state index in [1.807, 2.05) is 7.05 Å². The smallest absolute Gasteiger partial charge is 0.226 e. The SMILES string of the molecule is CN(CC1CCS(=O)(=O)C1)C(=O)C1CC12CCc1ccccc12. The number of fused-ring (bicyclic) bond motifs is 2. The van der Waals surface area contributed by atoms with E-state index in [-0.39, 0.29) is 34.7 Å². The minimum Gasteiger partial charge on any atom is -0.345 e. The van der Waals surface area contributed by atoms with Crippen molar-refractivity contribution < 1.29 is 13.2 Å². The van der Waals surface area contributed by atoms with Gasteiger partial charge < -0.3 is 4.90 Å². The molecule has 1 saturated heterocycles. The normalized spacial score (nSPS) is 33.6. The molecule has 1 heterocycles. The van der Waals surface area contributed by atoms with Gasteiger partial charge in [-0.2, -0.15) is 0 Å². The second-order valence-corrected chi connectivity index (χ2v) is 9.79. The van der Waals surface area contributed by atoms with Gasteiger partial charge in [0.1, 0.15) is 0 Å². The van der Waals surface area contributed by atoms with E-state index in [0.29, 0.717) is 13.0 Å². The molecule has 5 heteroatoms. The van der Waals surface area contributed by atoms with Gasteiger partial charge in [0.2, 0.25) is 5.91 Å². The van der Waals surface area contributed by atoms with E-state index < -0.39 is 9.84 Å². The Morgan fingerprint density at radius 2 is 2.13 bits per heavy atom. The number of amides is 1. The highest BCUT2D eigenvalue weighted by molar-refractivity contribution is 7.91. The van der Waals surface area contributed by atoms with Crippen LogP contribution in [0.3, 0.4) is 0 Å². The van der Waals surface area contributed by atoms with E-state index in [4.69, 9.17) is 0 Å². The Morgan fingerprint density at radius 1 is 1.35 bits per heavy atom. The van der Waals surface area contributed by atoms with E-state index in [0.717, 1.165) is 19.3 Å². The lowest BCUT2D eigenvalue weighted by Crippen LogP contribution is -2.35. The fourth-order valence-corrected chi connectivity index (χ4v) is 6.53. The molecule has 0 N–H and O–H groups in total. The maximum atomic E-state index is 12.8. The van der Waals surface area contributed by atoms with Crippen molar-refractivity contribution in [1.82, 2.24) is 4.90 Å². The van der Waals surface area contributed by atoms with Crippen LogP contribution < -0.4 is 0 Å². The lowest BCUT2D eigenvalue weighted by atomic mass is 9.95. The van der Waals surface area contributed by atoms with Gasteiger partial charge in [0.25, 0.3) is 0 Å². The van der Waals surface area contributed by atoms with Crippen molar-refractivity contribution in [2.24, 2.45) is 11.8 Å². The summed E-state index contributed by atoms with van der Waals surface area (Å²) in [4.78, 5) is 14.6. The Bertz CT molecular complexity index is 757. The van der Waals surface area contributed by atoms with Gasteiger partial charge in [-0.05, 0) is 42.7 Å². The summed E-state index contributed by atoms with van der Waals surface area (Å²) in [6.45, 7) is 0.576. The van der Waals surface area contributed by atoms with Crippen molar-refractivity contribution in [3.8, 4) is 0 Å². The summed E-state index contributed by atoms with van der Waals surface area (Å²) in [5.41, 5.74) is 2.84. The molecule has 1 spiro atoms. The van der Waals surface area contributed by atoms with Crippen LogP contribution in [0.4, 0.5) is 0 Å². The van der Waals surface area contributed by atoms with Crippen molar-refractivity contribution in [2.45, 2.75) is 31.1 Å². The van der Waals surface area contributed by atoms with Crippen LogP contribution in [0.2, 0.25) is 0 Å². The van der Waals surface area contributed by atoms with Gasteiger partial charge in [0.05, 0.1) is 11.5 Å². The van der Waals surface area contributed by atoms with E-state index in [1.165, 1.54) is 11.1 Å². The molecule has 124 valence electrons. The number of carbonyl (C=O) groups excluding carboxylic acids is 1. The van der Waals surface area contributed by atoms with Crippen LogP contribution in [-0.4, -0.2) is 44.3 Å². The average molecular weight is 333 g/mol. The zero-order valence-corrected chi connectivity index (χ0v) is 14.3. The molecule has 0 aromatic heterocycles. The van der Waals surface area contributed by atoms with Gasteiger partial charge in [-0.1, -0.05) is 24.3 Å². The number of aryl methyl sites for hydroxylation is 1. The molecule has 1 saturated carbocycles. The number of nitrogens with zero attached hydrogens (tertiary/aromatic N) is 1. The first kappa shape index (κ1) is 15.2. The van der Waals surface area contributed by atoms with Gasteiger partial charge in [0, 0.05) is 24.9 Å². The van der Waals surface area contributed by atoms with Crippen LogP contribution in [0.15, 0.2) is 24.3 Å². The molecule has 1 aromatic carbocycles. The minimum absolute atomic E-state index is 0.0731. The molecular formula is C18H23NO3S. The maximum Gasteiger partial charge on any atom is 0.226 e. The van der Waals surface area contributed by atoms with Gasteiger partial charge in [-0.3, -0.25) is 4.79 Å². The number of hydrogen-bond donors (Lipinski definition) is 0. The summed E-state index contributed by atoms with van der Waals surface area (Å²) < 4.78 is 23.2. The largest absolute Gasteiger partial charge is 0.345 e. The zero-order valence-electron chi connectivity index (χ0n) is 13.5. The number of rotatable bonds is 3. The summed E-state index contributed by atoms with van der Waals surface area (Å²) >= 11 is 0. The van der Waals surface area contributed by atoms with Crippen LogP contribution >= 0.6 is 0 Å². The van der Waals surface area contributed by atoms with Gasteiger partial charge >= 0.3 is 0 Å². The van der Waals surface area contributed by atoms with Crippen LogP contribution in [0, 0.1) is 11.8 Å². The van der Waals surface area contributed by atoms with Crippen molar-refractivity contribution in [1.29, 1.82) is 0 Å². The van der Waals surface area contributed by atoms with Crippen molar-refractivity contribution in [3.05, 3.63) is 35.4 Å². The molecule has 1 aromatic rings. The summed E-state index contributed by atoms with van der Waals surface area (Å²) in [6, 6.07) is 8.50. The molecule has 3 atom stereocenters. The molecule has 4 nitrogen and oxygen atoms in total. The monoisotopic (exact) mass is 333 g/mol. The number of carbonyl (C=O) groups is 1. The Labute approximate surface area is 137 Å². The second-order valence-electron chi connectivity index (χ2n) is 7.56. The molecule has 2 aliphatic carbocycles. The van der Waals surface area contributed by atoms with Gasteiger partial charge in [0.15, 0.2) is 9.84 Å². The van der Waals surface area contributed by atoms with Gasteiger partial charge in [-0.15, -0.1) is 0 Å². The van der Waals surface area contributed by atoms with Crippen molar-refractivity contribution >= 4 is 15.7 Å². The highest BCUT2D eigenvalue weighted by Crippen LogP contribution is 2.61. The number of sulfone groups is 1. The molecule has 4 rings (SSSR count). The summed E-state index contributed by atoms with van der Waals surface area (Å²) in [7, 11) is -1.04. The first-order valence-electron chi connectivity index (χ1n) is 8.45. The highest BCUT2D eigenvalue weighted by atomic mass is 32.2. The Hall–Kier alpha value is -1.36. The summed E-state index contributed by atoms with van der Waals surface area (Å²) in [5.74, 6) is 0.920. The quantitative estimate of drug-likeness (QED) is 0.847. The van der Waals surface area contributed by atoms with Crippen LogP contribution in [0.25, 0.3) is 0 Å². The van der Waals surface area contributed by atoms with Crippen LogP contribution in [-0.2, 0) is 26.5 Å². The second kappa shape index (κ2) is 5.07. The molecule has 0 bridgehead atoms. The van der Waals surface area contributed by atoms with E-state index in [2.05, 4.69) is 24.3 Å². The van der Waals surface area contributed by atoms with Crippen molar-refractivity contribution in [3.63, 3.8) is 0 Å².